The van der Waals surface area contributed by atoms with Gasteiger partial charge in [-0.1, -0.05) is 0 Å². The highest BCUT2D eigenvalue weighted by atomic mass is 16.7. The van der Waals surface area contributed by atoms with Crippen molar-refractivity contribution in [1.82, 2.24) is 15.7 Å². The maximum Gasteiger partial charge on any atom is 0.333 e. The van der Waals surface area contributed by atoms with Crippen molar-refractivity contribution in [2.75, 3.05) is 40.3 Å². The van der Waals surface area contributed by atoms with Crippen LogP contribution in [0.25, 0.3) is 0 Å². The normalized spacial score (nSPS) is 21.1. The third kappa shape index (κ3) is 14.7. The number of rotatable bonds is 14. The number of amides is 3. The second-order valence-corrected chi connectivity index (χ2v) is 11.4. The van der Waals surface area contributed by atoms with E-state index in [0.29, 0.717) is 37.1 Å². The number of benzene rings is 1. The summed E-state index contributed by atoms with van der Waals surface area (Å²) < 4.78 is 11.1. The van der Waals surface area contributed by atoms with Crippen molar-refractivity contribution in [3.05, 3.63) is 29.3 Å². The molecule has 0 aromatic heterocycles. The topological polar surface area (TPSA) is 202 Å². The van der Waals surface area contributed by atoms with E-state index < -0.39 is 24.5 Å². The predicted octanol–water partition coefficient (Wildman–Crippen LogP) is -0.215. The highest BCUT2D eigenvalue weighted by molar-refractivity contribution is 6.00. The van der Waals surface area contributed by atoms with Crippen molar-refractivity contribution in [3.63, 3.8) is 0 Å². The average Bonchev–Trinajstić information content (AvgIpc) is 3.39. The Morgan fingerprint density at radius 1 is 1.09 bits per heavy atom. The molecular weight excluding hydrogens is 616 g/mol. The summed E-state index contributed by atoms with van der Waals surface area (Å²) in [5.74, 6) is -1.26. The first-order valence-corrected chi connectivity index (χ1v) is 16.0. The molecule has 3 aliphatic heterocycles. The molecule has 0 bridgehead atoms. The molecule has 47 heavy (non-hydrogen) atoms. The number of likely N-dealkylation sites (N-methyl/N-ethyl adjacent to an activating group) is 1. The first kappa shape index (κ1) is 39.4. The fourth-order valence-electron chi connectivity index (χ4n) is 5.18. The summed E-state index contributed by atoms with van der Waals surface area (Å²) in [4.78, 5) is 70.6. The van der Waals surface area contributed by atoms with E-state index in [0.717, 1.165) is 49.4 Å². The lowest BCUT2D eigenvalue weighted by Crippen LogP contribution is -3.11. The molecule has 0 spiro atoms. The van der Waals surface area contributed by atoms with Gasteiger partial charge in [0.25, 0.3) is 11.8 Å². The first-order valence-electron chi connectivity index (χ1n) is 16.0. The molecule has 3 unspecified atom stereocenters. The number of likely N-dealkylation sites (tertiary alicyclic amines) is 1. The lowest BCUT2D eigenvalue weighted by atomic mass is 10.0. The molecule has 1 aromatic carbocycles. The number of aliphatic hydroxyl groups is 1. The van der Waals surface area contributed by atoms with Gasteiger partial charge in [-0.2, -0.15) is 5.06 Å². The first-order chi connectivity index (χ1) is 22.6. The van der Waals surface area contributed by atoms with Gasteiger partial charge < -0.3 is 40.0 Å². The molecule has 1 aromatic rings. The molecule has 0 radical (unpaired) electrons. The number of nitrogens with zero attached hydrogens (tertiary/aromatic N) is 1. The number of carboxylic acid groups (broad SMARTS) is 1. The highest BCUT2D eigenvalue weighted by Crippen LogP contribution is 2.26. The Labute approximate surface area is 274 Å². The minimum atomic E-state index is -1.13. The van der Waals surface area contributed by atoms with Crippen LogP contribution in [0, 0.1) is 0 Å². The number of hydroxylamine groups is 2. The molecule has 15 nitrogen and oxygen atoms in total. The molecule has 3 atom stereocenters. The molecule has 4 rings (SSSR count). The van der Waals surface area contributed by atoms with Crippen molar-refractivity contribution in [3.8, 4) is 5.75 Å². The summed E-state index contributed by atoms with van der Waals surface area (Å²) in [5.41, 5.74) is 1.49. The Kier molecular flexibility index (Phi) is 18.4. The van der Waals surface area contributed by atoms with E-state index in [9.17, 15) is 33.9 Å². The molecule has 3 amide bonds. The molecule has 3 aliphatic rings. The minimum Gasteiger partial charge on any atom is -0.479 e. The average molecular weight is 666 g/mol. The van der Waals surface area contributed by atoms with Crippen LogP contribution >= 0.6 is 0 Å². The Hall–Kier alpha value is -3.76. The smallest absolute Gasteiger partial charge is 0.333 e. The largest absolute Gasteiger partial charge is 0.479 e. The SMILES string of the molecule is CNCCNC(=O)CCCC=O.CON1C(=O)CCC1=O.O=Cc1cc(C[NH+]2CCCCC2)ccc1OC1CC(O)CC(C(=O)O)O1. The number of hydrogen-bond acceptors (Lipinski definition) is 11. The van der Waals surface area contributed by atoms with Crippen molar-refractivity contribution < 1.29 is 58.2 Å². The number of aliphatic hydroxyl groups excluding tert-OH is 1. The zero-order chi connectivity index (χ0) is 34.6. The van der Waals surface area contributed by atoms with Gasteiger partial charge in [-0.25, -0.2) is 4.79 Å². The molecule has 5 N–H and O–H groups in total. The van der Waals surface area contributed by atoms with Gasteiger partial charge in [0, 0.05) is 57.2 Å². The van der Waals surface area contributed by atoms with Gasteiger partial charge in [-0.3, -0.25) is 24.0 Å². The third-order valence-corrected chi connectivity index (χ3v) is 7.63. The van der Waals surface area contributed by atoms with Gasteiger partial charge >= 0.3 is 5.97 Å². The van der Waals surface area contributed by atoms with Crippen LogP contribution in [0.1, 0.15) is 80.1 Å². The molecule has 0 saturated carbocycles. The molecular formula is C32H49N4O11+. The monoisotopic (exact) mass is 665 g/mol. The summed E-state index contributed by atoms with van der Waals surface area (Å²) in [7, 11) is 3.14. The second-order valence-electron chi connectivity index (χ2n) is 11.4. The maximum absolute atomic E-state index is 11.5. The summed E-state index contributed by atoms with van der Waals surface area (Å²) >= 11 is 0. The van der Waals surface area contributed by atoms with E-state index in [1.54, 1.807) is 6.07 Å². The third-order valence-electron chi connectivity index (χ3n) is 7.63. The number of nitrogens with one attached hydrogen (secondary N) is 3. The number of hydrogen-bond donors (Lipinski definition) is 5. The number of piperidine rings is 1. The number of carbonyl (C=O) groups is 6. The van der Waals surface area contributed by atoms with Crippen LogP contribution in [-0.2, 0) is 40.1 Å². The van der Waals surface area contributed by atoms with Crippen molar-refractivity contribution in [2.24, 2.45) is 0 Å². The van der Waals surface area contributed by atoms with Gasteiger partial charge in [0.2, 0.25) is 12.2 Å². The Balaban J connectivity index is 0.000000302. The highest BCUT2D eigenvalue weighted by Gasteiger charge is 2.34. The Morgan fingerprint density at radius 2 is 1.79 bits per heavy atom. The maximum atomic E-state index is 11.5. The van der Waals surface area contributed by atoms with E-state index in [1.807, 2.05) is 19.2 Å². The second kappa shape index (κ2) is 21.9. The number of quaternary nitrogens is 1. The van der Waals surface area contributed by atoms with Crippen LogP contribution in [-0.4, -0.2) is 110 Å². The van der Waals surface area contributed by atoms with Gasteiger partial charge in [0.1, 0.15) is 18.6 Å². The number of ether oxygens (including phenoxy) is 2. The number of aliphatic carboxylic acids is 1. The molecule has 0 aliphatic carbocycles. The Bertz CT molecular complexity index is 1160. The quantitative estimate of drug-likeness (QED) is 0.0996. The molecule has 15 heteroatoms. The summed E-state index contributed by atoms with van der Waals surface area (Å²) in [5, 5.41) is 25.4. The van der Waals surface area contributed by atoms with Crippen LogP contribution in [0.3, 0.4) is 0 Å². The molecule has 3 saturated heterocycles. The Morgan fingerprint density at radius 3 is 2.36 bits per heavy atom. The zero-order valence-electron chi connectivity index (χ0n) is 27.2. The van der Waals surface area contributed by atoms with E-state index in [-0.39, 0.29) is 43.4 Å². The number of aldehydes is 2. The predicted molar refractivity (Wildman–Crippen MR) is 167 cm³/mol. The van der Waals surface area contributed by atoms with Crippen molar-refractivity contribution in [2.45, 2.75) is 89.3 Å². The van der Waals surface area contributed by atoms with Crippen molar-refractivity contribution >= 4 is 36.3 Å². The van der Waals surface area contributed by atoms with Gasteiger partial charge in [0.15, 0.2) is 12.4 Å². The van der Waals surface area contributed by atoms with E-state index in [1.165, 1.54) is 31.3 Å². The standard InChI is InChI=1S/C19H25NO6.C8H16N2O2.C5H7NO3/c21-12-14-8-13(11-20-6-2-1-3-7-20)4-5-16(14)25-18-10-15(22)9-17(26-18)19(23)24;1-9-5-6-10-8(12)4-2-3-7-11;1-9-6-4(7)2-3-5(6)8/h4-5,8,12,15,17-18,22H,1-3,6-7,9-11H2,(H,23,24);7,9H,2-6H2,1H3,(H,10,12);2-3H2,1H3/p+1. The van der Waals surface area contributed by atoms with Crippen LogP contribution in [0.5, 0.6) is 5.75 Å². The lowest BCUT2D eigenvalue weighted by Gasteiger charge is -2.31. The number of unbranched alkanes of at least 4 members (excludes halogenated alkanes) is 1. The van der Waals surface area contributed by atoms with E-state index in [4.69, 9.17) is 14.6 Å². The molecule has 3 fully saturated rings. The number of imide groups is 1. The minimum absolute atomic E-state index is 0.0205. The van der Waals surface area contributed by atoms with Crippen LogP contribution in [0.4, 0.5) is 0 Å². The summed E-state index contributed by atoms with van der Waals surface area (Å²) in [6, 6.07) is 5.47. The molecule has 3 heterocycles. The summed E-state index contributed by atoms with van der Waals surface area (Å²) in [6.07, 6.45) is 4.87. The summed E-state index contributed by atoms with van der Waals surface area (Å²) in [6.45, 7) is 4.61. The van der Waals surface area contributed by atoms with Crippen LogP contribution in [0.2, 0.25) is 0 Å². The van der Waals surface area contributed by atoms with Crippen LogP contribution < -0.4 is 20.3 Å². The van der Waals surface area contributed by atoms with Crippen LogP contribution in [0.15, 0.2) is 18.2 Å². The lowest BCUT2D eigenvalue weighted by molar-refractivity contribution is -0.918. The number of carboxylic acids is 1. The van der Waals surface area contributed by atoms with E-state index >= 15 is 0 Å². The number of carbonyl (C=O) groups excluding carboxylic acids is 5. The zero-order valence-corrected chi connectivity index (χ0v) is 27.2. The van der Waals surface area contributed by atoms with Gasteiger partial charge in [-0.15, -0.1) is 0 Å². The fraction of sp³-hybridized carbons (Fsp3) is 0.625. The van der Waals surface area contributed by atoms with Gasteiger partial charge in [0.05, 0.1) is 31.9 Å². The van der Waals surface area contributed by atoms with E-state index in [2.05, 4.69) is 15.5 Å². The van der Waals surface area contributed by atoms with Gasteiger partial charge in [-0.05, 0) is 50.9 Å². The van der Waals surface area contributed by atoms with Crippen molar-refractivity contribution in [1.29, 1.82) is 0 Å². The fourth-order valence-corrected chi connectivity index (χ4v) is 5.18. The molecule has 262 valence electrons.